The number of aliphatic carboxylic acids is 1. The van der Waals surface area contributed by atoms with Crippen molar-refractivity contribution >= 4 is 23.3 Å². The van der Waals surface area contributed by atoms with Gasteiger partial charge in [-0.05, 0) is 12.5 Å². The number of carbonyl (C=O) groups is 1. The molecule has 14 heavy (non-hydrogen) atoms. The monoisotopic (exact) mass is 211 g/mol. The van der Waals surface area contributed by atoms with E-state index in [1.807, 2.05) is 12.1 Å². The molecule has 1 aromatic carbocycles. The van der Waals surface area contributed by atoms with Gasteiger partial charge in [0.15, 0.2) is 4.87 Å². The second-order valence-electron chi connectivity index (χ2n) is 3.33. The van der Waals surface area contributed by atoms with Gasteiger partial charge in [0.25, 0.3) is 0 Å². The van der Waals surface area contributed by atoms with Crippen LogP contribution in [0.5, 0.6) is 0 Å². The average Bonchev–Trinajstić information content (AvgIpc) is 2.18. The van der Waals surface area contributed by atoms with Crippen molar-refractivity contribution in [2.75, 3.05) is 11.9 Å². The smallest absolute Gasteiger partial charge is 0.329 e. The number of fused-ring (bicyclic) bond motifs is 1. The van der Waals surface area contributed by atoms with Crippen LogP contribution in [0.1, 0.15) is 12.0 Å². The van der Waals surface area contributed by atoms with Crippen LogP contribution < -0.4 is 5.32 Å². The SMILES string of the molecule is O=C(O)C1(Cl)CCNc2ccccc21. The van der Waals surface area contributed by atoms with E-state index in [-0.39, 0.29) is 0 Å². The number of halogens is 1. The van der Waals surface area contributed by atoms with Gasteiger partial charge in [0, 0.05) is 17.8 Å². The Kier molecular flexibility index (Phi) is 2.11. The fraction of sp³-hybridized carbons (Fsp3) is 0.300. The molecule has 1 heterocycles. The number of hydrogen-bond acceptors (Lipinski definition) is 2. The average molecular weight is 212 g/mol. The number of nitrogens with one attached hydrogen (secondary N) is 1. The van der Waals surface area contributed by atoms with Crippen LogP contribution in [-0.4, -0.2) is 17.6 Å². The Labute approximate surface area is 86.7 Å². The van der Waals surface area contributed by atoms with Gasteiger partial charge in [0.05, 0.1) is 0 Å². The highest BCUT2D eigenvalue weighted by atomic mass is 35.5. The molecule has 1 aromatic rings. The lowest BCUT2D eigenvalue weighted by atomic mass is 9.90. The molecule has 0 aromatic heterocycles. The standard InChI is InChI=1S/C10H10ClNO2/c11-10(9(13)14)5-6-12-8-4-2-1-3-7(8)10/h1-4,12H,5-6H2,(H,13,14). The van der Waals surface area contributed by atoms with Crippen LogP contribution in [0.2, 0.25) is 0 Å². The number of carboxylic acid groups (broad SMARTS) is 1. The molecule has 0 spiro atoms. The summed E-state index contributed by atoms with van der Waals surface area (Å²) in [5.74, 6) is -0.979. The maximum Gasteiger partial charge on any atom is 0.329 e. The highest BCUT2D eigenvalue weighted by molar-refractivity contribution is 6.34. The third kappa shape index (κ3) is 1.24. The molecule has 0 saturated heterocycles. The summed E-state index contributed by atoms with van der Waals surface area (Å²) in [7, 11) is 0. The van der Waals surface area contributed by atoms with Crippen molar-refractivity contribution < 1.29 is 9.90 Å². The lowest BCUT2D eigenvalue weighted by Gasteiger charge is -2.30. The van der Waals surface area contributed by atoms with E-state index in [4.69, 9.17) is 16.7 Å². The fourth-order valence-corrected chi connectivity index (χ4v) is 1.97. The number of carboxylic acids is 1. The normalized spacial score (nSPS) is 24.9. The van der Waals surface area contributed by atoms with Crippen LogP contribution >= 0.6 is 11.6 Å². The molecule has 0 fully saturated rings. The fourth-order valence-electron chi connectivity index (χ4n) is 1.71. The molecule has 3 nitrogen and oxygen atoms in total. The molecule has 74 valence electrons. The number of benzene rings is 1. The number of anilines is 1. The van der Waals surface area contributed by atoms with Crippen molar-refractivity contribution in [3.8, 4) is 0 Å². The molecule has 0 aliphatic carbocycles. The van der Waals surface area contributed by atoms with E-state index in [1.54, 1.807) is 12.1 Å². The first-order valence-corrected chi connectivity index (χ1v) is 4.78. The molecule has 2 rings (SSSR count). The molecule has 4 heteroatoms. The maximum atomic E-state index is 11.1. The van der Waals surface area contributed by atoms with Crippen molar-refractivity contribution in [3.05, 3.63) is 29.8 Å². The molecule has 0 radical (unpaired) electrons. The minimum Gasteiger partial charge on any atom is -0.480 e. The summed E-state index contributed by atoms with van der Waals surface area (Å²) >= 11 is 6.10. The van der Waals surface area contributed by atoms with Gasteiger partial charge in [-0.25, -0.2) is 4.79 Å². The van der Waals surface area contributed by atoms with E-state index in [1.165, 1.54) is 0 Å². The van der Waals surface area contributed by atoms with E-state index in [9.17, 15) is 4.79 Å². The van der Waals surface area contributed by atoms with Crippen molar-refractivity contribution in [1.29, 1.82) is 0 Å². The molecule has 1 atom stereocenters. The van der Waals surface area contributed by atoms with E-state index in [0.717, 1.165) is 5.69 Å². The summed E-state index contributed by atoms with van der Waals surface area (Å²) < 4.78 is 0. The Morgan fingerprint density at radius 3 is 2.93 bits per heavy atom. The second-order valence-corrected chi connectivity index (χ2v) is 3.97. The minimum absolute atomic E-state index is 0.404. The van der Waals surface area contributed by atoms with Crippen LogP contribution in [0.4, 0.5) is 5.69 Å². The van der Waals surface area contributed by atoms with Gasteiger partial charge in [-0.2, -0.15) is 0 Å². The topological polar surface area (TPSA) is 49.3 Å². The summed E-state index contributed by atoms with van der Waals surface area (Å²) in [5, 5.41) is 12.2. The van der Waals surface area contributed by atoms with Gasteiger partial charge >= 0.3 is 5.97 Å². The minimum atomic E-state index is -1.26. The lowest BCUT2D eigenvalue weighted by Crippen LogP contribution is -2.36. The Balaban J connectivity index is 2.55. The van der Waals surface area contributed by atoms with E-state index in [2.05, 4.69) is 5.32 Å². The van der Waals surface area contributed by atoms with Crippen LogP contribution in [-0.2, 0) is 9.67 Å². The van der Waals surface area contributed by atoms with Gasteiger partial charge in [-0.15, -0.1) is 11.6 Å². The predicted molar refractivity (Wildman–Crippen MR) is 54.7 cm³/mol. The van der Waals surface area contributed by atoms with Crippen LogP contribution in [0.3, 0.4) is 0 Å². The number of rotatable bonds is 1. The largest absolute Gasteiger partial charge is 0.480 e. The number of hydrogen-bond donors (Lipinski definition) is 2. The Morgan fingerprint density at radius 1 is 1.50 bits per heavy atom. The first kappa shape index (κ1) is 9.34. The van der Waals surface area contributed by atoms with Gasteiger partial charge in [0.1, 0.15) is 0 Å². The zero-order chi connectivity index (χ0) is 10.2. The van der Waals surface area contributed by atoms with Gasteiger partial charge in [0.2, 0.25) is 0 Å². The maximum absolute atomic E-state index is 11.1. The number of para-hydroxylation sites is 1. The van der Waals surface area contributed by atoms with Crippen LogP contribution in [0, 0.1) is 0 Å². The predicted octanol–water partition coefficient (Wildman–Crippen LogP) is 2.02. The third-order valence-corrected chi connectivity index (χ3v) is 3.03. The second kappa shape index (κ2) is 3.17. The van der Waals surface area contributed by atoms with Crippen molar-refractivity contribution in [2.45, 2.75) is 11.3 Å². The van der Waals surface area contributed by atoms with E-state index < -0.39 is 10.8 Å². The van der Waals surface area contributed by atoms with Crippen LogP contribution in [0.25, 0.3) is 0 Å². The quantitative estimate of drug-likeness (QED) is 0.699. The van der Waals surface area contributed by atoms with Crippen molar-refractivity contribution in [1.82, 2.24) is 0 Å². The third-order valence-electron chi connectivity index (χ3n) is 2.48. The van der Waals surface area contributed by atoms with Crippen molar-refractivity contribution in [3.63, 3.8) is 0 Å². The summed E-state index contributed by atoms with van der Waals surface area (Å²) in [6.45, 7) is 0.590. The molecule has 1 aliphatic heterocycles. The van der Waals surface area contributed by atoms with E-state index in [0.29, 0.717) is 18.5 Å². The summed E-state index contributed by atoms with van der Waals surface area (Å²) in [4.78, 5) is 9.82. The van der Waals surface area contributed by atoms with Gasteiger partial charge in [-0.3, -0.25) is 0 Å². The Bertz CT molecular complexity index is 380. The first-order valence-electron chi connectivity index (χ1n) is 4.40. The molecule has 2 N–H and O–H groups in total. The molecular weight excluding hydrogens is 202 g/mol. The molecule has 0 saturated carbocycles. The summed E-state index contributed by atoms with van der Waals surface area (Å²) in [6.07, 6.45) is 0.404. The highest BCUT2D eigenvalue weighted by Gasteiger charge is 2.41. The van der Waals surface area contributed by atoms with Crippen molar-refractivity contribution in [2.24, 2.45) is 0 Å². The summed E-state index contributed by atoms with van der Waals surface area (Å²) in [6, 6.07) is 7.25. The van der Waals surface area contributed by atoms with E-state index >= 15 is 0 Å². The lowest BCUT2D eigenvalue weighted by molar-refractivity contribution is -0.140. The molecule has 1 unspecified atom stereocenters. The molecular formula is C10H10ClNO2. The van der Waals surface area contributed by atoms with Gasteiger partial charge in [-0.1, -0.05) is 18.2 Å². The highest BCUT2D eigenvalue weighted by Crippen LogP contribution is 2.40. The summed E-state index contributed by atoms with van der Waals surface area (Å²) in [5.41, 5.74) is 1.47. The zero-order valence-electron chi connectivity index (χ0n) is 7.46. The zero-order valence-corrected chi connectivity index (χ0v) is 8.21. The Morgan fingerprint density at radius 2 is 2.21 bits per heavy atom. The van der Waals surface area contributed by atoms with Gasteiger partial charge < -0.3 is 10.4 Å². The molecule has 1 aliphatic rings. The Hall–Kier alpha value is -1.22. The van der Waals surface area contributed by atoms with Crippen LogP contribution in [0.15, 0.2) is 24.3 Å². The molecule has 0 amide bonds. The first-order chi connectivity index (χ1) is 6.64. The molecule has 0 bridgehead atoms. The number of alkyl halides is 1.